The minimum Gasteiger partial charge on any atom is -0.282 e. The standard InChI is InChI=1S/C12H10ClNO3S/c13-12-6-3-10(8-14-12)7-9-1-4-11(5-2-9)18(15,16)17/h1-6,8H,7H2,(H,15,16,17). The van der Waals surface area contributed by atoms with Crippen LogP contribution in [-0.4, -0.2) is 18.0 Å². The summed E-state index contributed by atoms with van der Waals surface area (Å²) in [6, 6.07) is 9.59. The van der Waals surface area contributed by atoms with E-state index in [0.717, 1.165) is 11.1 Å². The SMILES string of the molecule is O=S(=O)(O)c1ccc(Cc2ccc(Cl)nc2)cc1. The molecule has 0 radical (unpaired) electrons. The predicted molar refractivity (Wildman–Crippen MR) is 68.3 cm³/mol. The summed E-state index contributed by atoms with van der Waals surface area (Å²) in [7, 11) is -4.13. The fourth-order valence-electron chi connectivity index (χ4n) is 1.53. The molecule has 0 aliphatic rings. The van der Waals surface area contributed by atoms with E-state index in [1.807, 2.05) is 6.07 Å². The first-order valence-electron chi connectivity index (χ1n) is 5.12. The highest BCUT2D eigenvalue weighted by Gasteiger charge is 2.08. The Hall–Kier alpha value is -1.43. The number of hydrogen-bond donors (Lipinski definition) is 1. The normalized spacial score (nSPS) is 11.4. The van der Waals surface area contributed by atoms with Crippen molar-refractivity contribution in [1.82, 2.24) is 4.98 Å². The summed E-state index contributed by atoms with van der Waals surface area (Å²) in [6.45, 7) is 0. The molecule has 0 fully saturated rings. The van der Waals surface area contributed by atoms with Crippen molar-refractivity contribution in [2.24, 2.45) is 0 Å². The molecule has 0 amide bonds. The van der Waals surface area contributed by atoms with Gasteiger partial charge in [0, 0.05) is 6.20 Å². The second kappa shape index (κ2) is 5.06. The maximum Gasteiger partial charge on any atom is 0.294 e. The van der Waals surface area contributed by atoms with Crippen LogP contribution in [0.2, 0.25) is 5.15 Å². The minimum absolute atomic E-state index is 0.111. The van der Waals surface area contributed by atoms with Crippen LogP contribution in [0.25, 0.3) is 0 Å². The third kappa shape index (κ3) is 3.29. The molecule has 1 aromatic heterocycles. The van der Waals surface area contributed by atoms with E-state index in [2.05, 4.69) is 4.98 Å². The predicted octanol–water partition coefficient (Wildman–Crippen LogP) is 2.57. The van der Waals surface area contributed by atoms with Crippen LogP contribution in [0.15, 0.2) is 47.5 Å². The first-order chi connectivity index (χ1) is 8.45. The van der Waals surface area contributed by atoms with Crippen LogP contribution in [0, 0.1) is 0 Å². The molecule has 0 saturated carbocycles. The molecule has 0 aliphatic heterocycles. The first-order valence-corrected chi connectivity index (χ1v) is 6.94. The molecule has 0 aliphatic carbocycles. The summed E-state index contributed by atoms with van der Waals surface area (Å²) in [4.78, 5) is 3.85. The summed E-state index contributed by atoms with van der Waals surface area (Å²) >= 11 is 5.68. The van der Waals surface area contributed by atoms with Crippen molar-refractivity contribution < 1.29 is 13.0 Å². The maximum atomic E-state index is 10.9. The van der Waals surface area contributed by atoms with Gasteiger partial charge in [0.15, 0.2) is 0 Å². The van der Waals surface area contributed by atoms with Gasteiger partial charge in [-0.05, 0) is 35.7 Å². The van der Waals surface area contributed by atoms with Crippen molar-refractivity contribution in [2.45, 2.75) is 11.3 Å². The zero-order valence-electron chi connectivity index (χ0n) is 9.25. The molecule has 94 valence electrons. The van der Waals surface area contributed by atoms with E-state index in [9.17, 15) is 8.42 Å². The lowest BCUT2D eigenvalue weighted by atomic mass is 10.1. The van der Waals surface area contributed by atoms with E-state index in [1.54, 1.807) is 24.4 Å². The van der Waals surface area contributed by atoms with Crippen molar-refractivity contribution in [3.05, 3.63) is 58.9 Å². The van der Waals surface area contributed by atoms with Crippen LogP contribution in [0.4, 0.5) is 0 Å². The lowest BCUT2D eigenvalue weighted by Gasteiger charge is -2.03. The van der Waals surface area contributed by atoms with Crippen LogP contribution in [-0.2, 0) is 16.5 Å². The first kappa shape index (κ1) is 13.0. The Morgan fingerprint density at radius 1 is 1.06 bits per heavy atom. The van der Waals surface area contributed by atoms with E-state index in [4.69, 9.17) is 16.2 Å². The Balaban J connectivity index is 2.18. The van der Waals surface area contributed by atoms with Crippen LogP contribution in [0.5, 0.6) is 0 Å². The van der Waals surface area contributed by atoms with Crippen LogP contribution >= 0.6 is 11.6 Å². The molecule has 0 spiro atoms. The molecule has 2 rings (SSSR count). The number of halogens is 1. The molecule has 1 aromatic carbocycles. The maximum absolute atomic E-state index is 10.9. The quantitative estimate of drug-likeness (QED) is 0.694. The van der Waals surface area contributed by atoms with Crippen molar-refractivity contribution >= 4 is 21.7 Å². The largest absolute Gasteiger partial charge is 0.294 e. The van der Waals surface area contributed by atoms with Gasteiger partial charge in [-0.1, -0.05) is 29.8 Å². The molecule has 0 unspecified atom stereocenters. The number of hydrogen-bond acceptors (Lipinski definition) is 3. The summed E-state index contributed by atoms with van der Waals surface area (Å²) in [5.41, 5.74) is 1.89. The van der Waals surface area contributed by atoms with Gasteiger partial charge in [-0.25, -0.2) is 4.98 Å². The van der Waals surface area contributed by atoms with Crippen LogP contribution in [0.1, 0.15) is 11.1 Å². The minimum atomic E-state index is -4.13. The zero-order valence-corrected chi connectivity index (χ0v) is 10.8. The van der Waals surface area contributed by atoms with Crippen LogP contribution < -0.4 is 0 Å². The third-order valence-electron chi connectivity index (χ3n) is 2.42. The summed E-state index contributed by atoms with van der Waals surface area (Å²) < 4.78 is 30.6. The van der Waals surface area contributed by atoms with Gasteiger partial charge in [-0.3, -0.25) is 4.55 Å². The van der Waals surface area contributed by atoms with E-state index >= 15 is 0 Å². The second-order valence-electron chi connectivity index (χ2n) is 3.78. The topological polar surface area (TPSA) is 67.3 Å². The van der Waals surface area contributed by atoms with Gasteiger partial charge in [0.2, 0.25) is 0 Å². The molecular weight excluding hydrogens is 274 g/mol. The zero-order chi connectivity index (χ0) is 13.2. The molecule has 6 heteroatoms. The fourth-order valence-corrected chi connectivity index (χ4v) is 2.12. The Morgan fingerprint density at radius 2 is 1.67 bits per heavy atom. The fraction of sp³-hybridized carbons (Fsp3) is 0.0833. The van der Waals surface area contributed by atoms with Gasteiger partial charge in [0.05, 0.1) is 4.90 Å². The van der Waals surface area contributed by atoms with Crippen molar-refractivity contribution in [1.29, 1.82) is 0 Å². The van der Waals surface area contributed by atoms with E-state index in [0.29, 0.717) is 11.6 Å². The molecule has 18 heavy (non-hydrogen) atoms. The number of aromatic nitrogens is 1. The number of rotatable bonds is 3. The molecule has 0 bridgehead atoms. The monoisotopic (exact) mass is 283 g/mol. The van der Waals surface area contributed by atoms with Crippen molar-refractivity contribution in [2.75, 3.05) is 0 Å². The van der Waals surface area contributed by atoms with Gasteiger partial charge in [-0.15, -0.1) is 0 Å². The molecule has 0 saturated heterocycles. The molecular formula is C12H10ClNO3S. The molecule has 1 N–H and O–H groups in total. The van der Waals surface area contributed by atoms with E-state index < -0.39 is 10.1 Å². The smallest absolute Gasteiger partial charge is 0.282 e. The number of pyridine rings is 1. The molecule has 2 aromatic rings. The summed E-state index contributed by atoms with van der Waals surface area (Å²) in [5, 5.41) is 0.431. The van der Waals surface area contributed by atoms with Gasteiger partial charge >= 0.3 is 0 Å². The molecule has 0 atom stereocenters. The van der Waals surface area contributed by atoms with Gasteiger partial charge in [0.1, 0.15) is 5.15 Å². The van der Waals surface area contributed by atoms with Gasteiger partial charge in [0.25, 0.3) is 10.1 Å². The lowest BCUT2D eigenvalue weighted by Crippen LogP contribution is -1.98. The Labute approximate surface area is 110 Å². The van der Waals surface area contributed by atoms with Crippen molar-refractivity contribution in [3.63, 3.8) is 0 Å². The summed E-state index contributed by atoms with van der Waals surface area (Å²) in [5.74, 6) is 0. The average molecular weight is 284 g/mol. The molecule has 4 nitrogen and oxygen atoms in total. The Bertz CT molecular complexity index is 636. The Morgan fingerprint density at radius 3 is 2.17 bits per heavy atom. The Kier molecular flexibility index (Phi) is 3.65. The average Bonchev–Trinajstić information content (AvgIpc) is 2.32. The highest BCUT2D eigenvalue weighted by Crippen LogP contribution is 2.14. The lowest BCUT2D eigenvalue weighted by molar-refractivity contribution is 0.483. The molecule has 1 heterocycles. The van der Waals surface area contributed by atoms with Crippen LogP contribution in [0.3, 0.4) is 0 Å². The third-order valence-corrected chi connectivity index (χ3v) is 3.51. The van der Waals surface area contributed by atoms with Gasteiger partial charge in [-0.2, -0.15) is 8.42 Å². The van der Waals surface area contributed by atoms with E-state index in [1.165, 1.54) is 12.1 Å². The number of benzene rings is 1. The van der Waals surface area contributed by atoms with Crippen molar-refractivity contribution in [3.8, 4) is 0 Å². The highest BCUT2D eigenvalue weighted by atomic mass is 35.5. The highest BCUT2D eigenvalue weighted by molar-refractivity contribution is 7.85. The second-order valence-corrected chi connectivity index (χ2v) is 5.59. The van der Waals surface area contributed by atoms with E-state index in [-0.39, 0.29) is 4.90 Å². The summed E-state index contributed by atoms with van der Waals surface area (Å²) in [6.07, 6.45) is 2.29. The van der Waals surface area contributed by atoms with Gasteiger partial charge < -0.3 is 0 Å². The number of nitrogens with zero attached hydrogens (tertiary/aromatic N) is 1.